The zero-order valence-electron chi connectivity index (χ0n) is 11.6. The molecule has 21 heavy (non-hydrogen) atoms. The summed E-state index contributed by atoms with van der Waals surface area (Å²) < 4.78 is 30.7. The minimum Gasteiger partial charge on any atom is -0.494 e. The second kappa shape index (κ2) is 7.72. The van der Waals surface area contributed by atoms with Crippen LogP contribution in [0.15, 0.2) is 18.2 Å². The van der Waals surface area contributed by atoms with Gasteiger partial charge in [-0.3, -0.25) is 9.00 Å². The molecule has 2 N–H and O–H groups in total. The number of hydrogen-bond donors (Lipinski definition) is 2. The van der Waals surface area contributed by atoms with Gasteiger partial charge in [0.2, 0.25) is 5.91 Å². The predicted molar refractivity (Wildman–Crippen MR) is 74.9 cm³/mol. The maximum Gasteiger partial charge on any atom is 0.327 e. The third-order valence-corrected chi connectivity index (χ3v) is 3.95. The fraction of sp³-hybridized carbons (Fsp3) is 0.385. The molecule has 1 unspecified atom stereocenters. The normalized spacial score (nSPS) is 13.3. The Kier molecular flexibility index (Phi) is 6.29. The van der Waals surface area contributed by atoms with Gasteiger partial charge < -0.3 is 15.2 Å². The molecule has 6 nitrogen and oxygen atoms in total. The Balaban J connectivity index is 2.77. The Bertz CT molecular complexity index is 563. The van der Waals surface area contributed by atoms with E-state index in [9.17, 15) is 18.2 Å². The summed E-state index contributed by atoms with van der Waals surface area (Å²) in [6.45, 7) is 1.17. The van der Waals surface area contributed by atoms with Crippen LogP contribution in [0.5, 0.6) is 5.75 Å². The second-order valence-corrected chi connectivity index (χ2v) is 5.78. The Morgan fingerprint density at radius 1 is 1.48 bits per heavy atom. The molecule has 116 valence electrons. The van der Waals surface area contributed by atoms with Crippen LogP contribution in [-0.4, -0.2) is 40.1 Å². The van der Waals surface area contributed by atoms with E-state index >= 15 is 0 Å². The lowest BCUT2D eigenvalue weighted by molar-refractivity contribution is -0.140. The van der Waals surface area contributed by atoms with Crippen molar-refractivity contribution in [2.24, 2.45) is 0 Å². The number of carbonyl (C=O) groups excluding carboxylic acids is 1. The first-order chi connectivity index (χ1) is 9.85. The highest BCUT2D eigenvalue weighted by Gasteiger charge is 2.22. The van der Waals surface area contributed by atoms with E-state index in [2.05, 4.69) is 5.32 Å². The van der Waals surface area contributed by atoms with Gasteiger partial charge in [-0.1, -0.05) is 12.1 Å². The van der Waals surface area contributed by atoms with Crippen LogP contribution in [0.3, 0.4) is 0 Å². The number of benzene rings is 1. The van der Waals surface area contributed by atoms with Crippen LogP contribution in [0.2, 0.25) is 0 Å². The van der Waals surface area contributed by atoms with Crippen molar-refractivity contribution >= 4 is 22.7 Å². The Morgan fingerprint density at radius 3 is 2.67 bits per heavy atom. The van der Waals surface area contributed by atoms with Crippen LogP contribution in [0.25, 0.3) is 0 Å². The number of carboxylic acid groups (broad SMARTS) is 1. The van der Waals surface area contributed by atoms with Gasteiger partial charge in [-0.05, 0) is 6.07 Å². The highest BCUT2D eigenvalue weighted by Crippen LogP contribution is 2.21. The van der Waals surface area contributed by atoms with Gasteiger partial charge in [-0.25, -0.2) is 9.18 Å². The summed E-state index contributed by atoms with van der Waals surface area (Å²) in [7, 11) is -0.334. The van der Waals surface area contributed by atoms with E-state index in [1.165, 1.54) is 26.2 Å². The minimum atomic E-state index is -1.65. The first kappa shape index (κ1) is 17.1. The lowest BCUT2D eigenvalue weighted by atomic mass is 10.2. The maximum absolute atomic E-state index is 13.9. The number of ether oxygens (including phenoxy) is 1. The number of methoxy groups -OCH3 is 1. The SMILES string of the molecule is COc1cccc(CS(=O)C[C@H](NC(C)=O)C(=O)O)c1F. The van der Waals surface area contributed by atoms with E-state index < -0.39 is 34.5 Å². The molecule has 0 fully saturated rings. The van der Waals surface area contributed by atoms with Crippen LogP contribution < -0.4 is 10.1 Å². The fourth-order valence-electron chi connectivity index (χ4n) is 1.66. The summed E-state index contributed by atoms with van der Waals surface area (Å²) in [5.74, 6) is -2.88. The molecule has 1 aromatic carbocycles. The van der Waals surface area contributed by atoms with Crippen molar-refractivity contribution in [2.45, 2.75) is 18.7 Å². The molecule has 0 heterocycles. The van der Waals surface area contributed by atoms with Gasteiger partial charge in [0, 0.05) is 23.3 Å². The van der Waals surface area contributed by atoms with Crippen LogP contribution in [0, 0.1) is 5.82 Å². The molecule has 0 aliphatic rings. The van der Waals surface area contributed by atoms with Crippen LogP contribution in [0.1, 0.15) is 12.5 Å². The second-order valence-electron chi connectivity index (χ2n) is 4.28. The zero-order valence-corrected chi connectivity index (χ0v) is 12.4. The van der Waals surface area contributed by atoms with Gasteiger partial charge in [-0.15, -0.1) is 0 Å². The number of carbonyl (C=O) groups is 2. The number of halogens is 1. The number of hydrogen-bond acceptors (Lipinski definition) is 4. The molecule has 8 heteroatoms. The van der Waals surface area contributed by atoms with E-state index in [-0.39, 0.29) is 22.8 Å². The smallest absolute Gasteiger partial charge is 0.327 e. The number of rotatable bonds is 7. The monoisotopic (exact) mass is 317 g/mol. The van der Waals surface area contributed by atoms with E-state index in [0.29, 0.717) is 0 Å². The van der Waals surface area contributed by atoms with Crippen LogP contribution >= 0.6 is 0 Å². The third-order valence-electron chi connectivity index (χ3n) is 2.61. The van der Waals surface area contributed by atoms with Gasteiger partial charge in [0.25, 0.3) is 0 Å². The summed E-state index contributed by atoms with van der Waals surface area (Å²) in [5, 5.41) is 11.1. The molecule has 0 aromatic heterocycles. The third kappa shape index (κ3) is 5.14. The molecule has 0 radical (unpaired) electrons. The van der Waals surface area contributed by atoms with E-state index in [1.54, 1.807) is 6.07 Å². The van der Waals surface area contributed by atoms with Gasteiger partial charge in [0.15, 0.2) is 11.6 Å². The summed E-state index contributed by atoms with van der Waals surface area (Å²) in [5.41, 5.74) is 0.166. The molecule has 0 spiro atoms. The van der Waals surface area contributed by atoms with E-state index in [1.807, 2.05) is 0 Å². The molecular weight excluding hydrogens is 301 g/mol. The zero-order chi connectivity index (χ0) is 16.0. The highest BCUT2D eigenvalue weighted by atomic mass is 32.2. The quantitative estimate of drug-likeness (QED) is 0.771. The van der Waals surface area contributed by atoms with Crippen molar-refractivity contribution in [3.05, 3.63) is 29.6 Å². The number of aliphatic carboxylic acids is 1. The van der Waals surface area contributed by atoms with Gasteiger partial charge in [0.05, 0.1) is 18.6 Å². The molecule has 1 rings (SSSR count). The summed E-state index contributed by atoms with van der Waals surface area (Å²) in [6, 6.07) is 3.16. The molecule has 0 saturated heterocycles. The van der Waals surface area contributed by atoms with Crippen molar-refractivity contribution in [2.75, 3.05) is 12.9 Å². The Labute approximate surface area is 123 Å². The van der Waals surface area contributed by atoms with Crippen LogP contribution in [0.4, 0.5) is 4.39 Å². The molecule has 0 saturated carbocycles. The Hall–Kier alpha value is -1.96. The standard InChI is InChI=1S/C13H16FNO5S/c1-8(16)15-10(13(17)18)7-21(19)6-9-4-3-5-11(20-2)12(9)14/h3-5,10H,6-7H2,1-2H3,(H,15,16)(H,17,18)/t10-,21?/m0/s1. The summed E-state index contributed by atoms with van der Waals surface area (Å²) in [4.78, 5) is 21.8. The average Bonchev–Trinajstić information content (AvgIpc) is 2.39. The average molecular weight is 317 g/mol. The minimum absolute atomic E-state index is 0.0288. The number of carboxylic acids is 1. The van der Waals surface area contributed by atoms with E-state index in [4.69, 9.17) is 9.84 Å². The topological polar surface area (TPSA) is 92.7 Å². The number of amides is 1. The maximum atomic E-state index is 13.9. The summed E-state index contributed by atoms with van der Waals surface area (Å²) in [6.07, 6.45) is 0. The molecule has 0 aliphatic carbocycles. The van der Waals surface area contributed by atoms with Crippen molar-refractivity contribution in [1.82, 2.24) is 5.32 Å². The molecule has 1 aromatic rings. The van der Waals surface area contributed by atoms with Gasteiger partial charge >= 0.3 is 5.97 Å². The molecular formula is C13H16FNO5S. The first-order valence-electron chi connectivity index (χ1n) is 6.01. The van der Waals surface area contributed by atoms with Crippen LogP contribution in [-0.2, 0) is 26.1 Å². The van der Waals surface area contributed by atoms with Crippen molar-refractivity contribution in [1.29, 1.82) is 0 Å². The molecule has 0 aliphatic heterocycles. The first-order valence-corrected chi connectivity index (χ1v) is 7.50. The van der Waals surface area contributed by atoms with Crippen molar-refractivity contribution < 1.29 is 28.0 Å². The highest BCUT2D eigenvalue weighted by molar-refractivity contribution is 7.84. The Morgan fingerprint density at radius 2 is 2.14 bits per heavy atom. The van der Waals surface area contributed by atoms with Gasteiger partial charge in [-0.2, -0.15) is 0 Å². The molecule has 1 amide bonds. The van der Waals surface area contributed by atoms with Crippen molar-refractivity contribution in [3.8, 4) is 5.75 Å². The predicted octanol–water partition coefficient (Wildman–Crippen LogP) is 0.672. The van der Waals surface area contributed by atoms with Crippen molar-refractivity contribution in [3.63, 3.8) is 0 Å². The number of nitrogens with one attached hydrogen (secondary N) is 1. The molecule has 2 atom stereocenters. The fourth-order valence-corrected chi connectivity index (χ4v) is 2.95. The molecule has 0 bridgehead atoms. The van der Waals surface area contributed by atoms with Gasteiger partial charge in [0.1, 0.15) is 6.04 Å². The summed E-state index contributed by atoms with van der Waals surface area (Å²) >= 11 is 0. The largest absolute Gasteiger partial charge is 0.494 e. The lowest BCUT2D eigenvalue weighted by Crippen LogP contribution is -2.43. The van der Waals surface area contributed by atoms with E-state index in [0.717, 1.165) is 0 Å². The lowest BCUT2D eigenvalue weighted by Gasteiger charge is -2.13.